The highest BCUT2D eigenvalue weighted by atomic mass is 32.2. The molecule has 7 nitrogen and oxygen atoms in total. The lowest BCUT2D eigenvalue weighted by Crippen LogP contribution is -2.17. The molecule has 0 spiro atoms. The number of imide groups is 1. The number of thioether (sulfide) groups is 1. The van der Waals surface area contributed by atoms with E-state index in [4.69, 9.17) is 9.47 Å². The van der Waals surface area contributed by atoms with Crippen LogP contribution in [0.25, 0.3) is 6.08 Å². The van der Waals surface area contributed by atoms with Crippen LogP contribution in [0.1, 0.15) is 11.1 Å². The third kappa shape index (κ3) is 4.68. The minimum Gasteiger partial charge on any atom is -0.497 e. The summed E-state index contributed by atoms with van der Waals surface area (Å²) >= 11 is 0.867. The molecular formula is C19H16N2O5S. The van der Waals surface area contributed by atoms with E-state index in [1.165, 1.54) is 0 Å². The average Bonchev–Trinajstić information content (AvgIpc) is 3.00. The van der Waals surface area contributed by atoms with Gasteiger partial charge in [-0.2, -0.15) is 0 Å². The lowest BCUT2D eigenvalue weighted by Gasteiger charge is -2.09. The minimum atomic E-state index is -0.396. The SMILES string of the molecule is COc1cccc(/C(COc2ccc(/C=C3\SC(=O)NC3=O)cc2)=N\O)c1. The van der Waals surface area contributed by atoms with Gasteiger partial charge in [0.25, 0.3) is 11.1 Å². The first-order chi connectivity index (χ1) is 13.1. The summed E-state index contributed by atoms with van der Waals surface area (Å²) in [6.07, 6.45) is 1.63. The molecular weight excluding hydrogens is 368 g/mol. The van der Waals surface area contributed by atoms with Crippen molar-refractivity contribution in [2.75, 3.05) is 13.7 Å². The number of carbonyl (C=O) groups excluding carboxylic acids is 2. The van der Waals surface area contributed by atoms with Gasteiger partial charge >= 0.3 is 0 Å². The van der Waals surface area contributed by atoms with E-state index in [-0.39, 0.29) is 11.8 Å². The van der Waals surface area contributed by atoms with E-state index in [9.17, 15) is 14.8 Å². The van der Waals surface area contributed by atoms with E-state index in [1.807, 2.05) is 0 Å². The zero-order valence-corrected chi connectivity index (χ0v) is 15.2. The minimum absolute atomic E-state index is 0.0663. The average molecular weight is 384 g/mol. The first kappa shape index (κ1) is 18.5. The molecule has 138 valence electrons. The Labute approximate surface area is 159 Å². The number of nitrogens with one attached hydrogen (secondary N) is 1. The van der Waals surface area contributed by atoms with Crippen molar-refractivity contribution in [2.24, 2.45) is 5.16 Å². The molecule has 27 heavy (non-hydrogen) atoms. The van der Waals surface area contributed by atoms with Gasteiger partial charge in [-0.25, -0.2) is 0 Å². The lowest BCUT2D eigenvalue weighted by atomic mass is 10.1. The number of carbonyl (C=O) groups is 2. The Kier molecular flexibility index (Phi) is 5.77. The van der Waals surface area contributed by atoms with Crippen molar-refractivity contribution in [2.45, 2.75) is 0 Å². The molecule has 8 heteroatoms. The summed E-state index contributed by atoms with van der Waals surface area (Å²) in [5.41, 5.74) is 1.81. The molecule has 0 atom stereocenters. The second-order valence-electron chi connectivity index (χ2n) is 5.49. The number of amides is 2. The van der Waals surface area contributed by atoms with Crippen LogP contribution < -0.4 is 14.8 Å². The standard InChI is InChI=1S/C19H16N2O5S/c1-25-15-4-2-3-13(10-15)16(21-24)11-26-14-7-5-12(6-8-14)9-17-18(22)20-19(23)27-17/h2-10,24H,11H2,1H3,(H,20,22,23)/b17-9-,21-16-. The Bertz CT molecular complexity index is 922. The van der Waals surface area contributed by atoms with Gasteiger partial charge in [-0.05, 0) is 47.7 Å². The van der Waals surface area contributed by atoms with Crippen LogP contribution in [0.4, 0.5) is 4.79 Å². The molecule has 2 amide bonds. The van der Waals surface area contributed by atoms with Gasteiger partial charge in [-0.3, -0.25) is 14.9 Å². The predicted molar refractivity (Wildman–Crippen MR) is 102 cm³/mol. The number of hydrogen-bond donors (Lipinski definition) is 2. The number of nitrogens with zero attached hydrogens (tertiary/aromatic N) is 1. The van der Waals surface area contributed by atoms with Crippen LogP contribution in [-0.4, -0.2) is 35.8 Å². The molecule has 2 N–H and O–H groups in total. The van der Waals surface area contributed by atoms with Crippen molar-refractivity contribution in [3.8, 4) is 11.5 Å². The Morgan fingerprint density at radius 1 is 1.19 bits per heavy atom. The van der Waals surface area contributed by atoms with Crippen molar-refractivity contribution in [1.29, 1.82) is 0 Å². The van der Waals surface area contributed by atoms with Crippen molar-refractivity contribution < 1.29 is 24.3 Å². The molecule has 0 radical (unpaired) electrons. The molecule has 0 saturated carbocycles. The van der Waals surface area contributed by atoms with Crippen LogP contribution in [0.15, 0.2) is 58.6 Å². The summed E-state index contributed by atoms with van der Waals surface area (Å²) in [4.78, 5) is 23.1. The summed E-state index contributed by atoms with van der Waals surface area (Å²) in [5, 5.41) is 14.4. The van der Waals surface area contributed by atoms with Crippen LogP contribution in [0, 0.1) is 0 Å². The Morgan fingerprint density at radius 2 is 1.96 bits per heavy atom. The monoisotopic (exact) mass is 384 g/mol. The summed E-state index contributed by atoms with van der Waals surface area (Å²) in [7, 11) is 1.56. The van der Waals surface area contributed by atoms with Gasteiger partial charge in [0.1, 0.15) is 23.8 Å². The van der Waals surface area contributed by atoms with E-state index >= 15 is 0 Å². The maximum atomic E-state index is 11.6. The van der Waals surface area contributed by atoms with Gasteiger partial charge in [0.05, 0.1) is 12.0 Å². The van der Waals surface area contributed by atoms with Crippen molar-refractivity contribution in [3.63, 3.8) is 0 Å². The summed E-state index contributed by atoms with van der Waals surface area (Å²) in [6.45, 7) is 0.0663. The first-order valence-electron chi connectivity index (χ1n) is 7.92. The summed E-state index contributed by atoms with van der Waals surface area (Å²) < 4.78 is 10.8. The van der Waals surface area contributed by atoms with E-state index in [0.717, 1.165) is 17.3 Å². The fourth-order valence-corrected chi connectivity index (χ4v) is 3.04. The summed E-state index contributed by atoms with van der Waals surface area (Å²) in [6, 6.07) is 14.1. The second-order valence-corrected chi connectivity index (χ2v) is 6.50. The first-order valence-corrected chi connectivity index (χ1v) is 8.74. The van der Waals surface area contributed by atoms with Crippen LogP contribution in [0.3, 0.4) is 0 Å². The van der Waals surface area contributed by atoms with E-state index in [0.29, 0.717) is 27.7 Å². The molecule has 1 aliphatic rings. The number of benzene rings is 2. The van der Waals surface area contributed by atoms with Crippen LogP contribution in [0.5, 0.6) is 11.5 Å². The highest BCUT2D eigenvalue weighted by Crippen LogP contribution is 2.26. The zero-order valence-electron chi connectivity index (χ0n) is 14.3. The molecule has 3 rings (SSSR count). The highest BCUT2D eigenvalue weighted by Gasteiger charge is 2.24. The number of ether oxygens (including phenoxy) is 2. The Balaban J connectivity index is 1.65. The number of oxime groups is 1. The summed E-state index contributed by atoms with van der Waals surface area (Å²) in [5.74, 6) is 0.826. The van der Waals surface area contributed by atoms with Crippen molar-refractivity contribution in [3.05, 3.63) is 64.6 Å². The van der Waals surface area contributed by atoms with Gasteiger partial charge in [0, 0.05) is 5.56 Å². The van der Waals surface area contributed by atoms with Crippen LogP contribution >= 0.6 is 11.8 Å². The highest BCUT2D eigenvalue weighted by molar-refractivity contribution is 8.18. The van der Waals surface area contributed by atoms with Gasteiger partial charge in [-0.15, -0.1) is 0 Å². The van der Waals surface area contributed by atoms with Gasteiger partial charge in [0.15, 0.2) is 0 Å². The molecule has 2 aromatic rings. The molecule has 1 saturated heterocycles. The van der Waals surface area contributed by atoms with Crippen molar-refractivity contribution >= 4 is 34.7 Å². The van der Waals surface area contributed by atoms with Gasteiger partial charge in [0.2, 0.25) is 0 Å². The van der Waals surface area contributed by atoms with E-state index < -0.39 is 5.91 Å². The fraction of sp³-hybridized carbons (Fsp3) is 0.105. The molecule has 1 heterocycles. The lowest BCUT2D eigenvalue weighted by molar-refractivity contribution is -0.115. The van der Waals surface area contributed by atoms with E-state index in [2.05, 4.69) is 10.5 Å². The third-order valence-corrected chi connectivity index (χ3v) is 4.53. The molecule has 0 bridgehead atoms. The molecule has 1 aliphatic heterocycles. The largest absolute Gasteiger partial charge is 0.497 e. The maximum Gasteiger partial charge on any atom is 0.290 e. The second kappa shape index (κ2) is 8.41. The van der Waals surface area contributed by atoms with Gasteiger partial charge in [-0.1, -0.05) is 29.4 Å². The van der Waals surface area contributed by atoms with Crippen LogP contribution in [-0.2, 0) is 4.79 Å². The normalized spacial score (nSPS) is 15.7. The molecule has 0 aromatic heterocycles. The number of methoxy groups -OCH3 is 1. The smallest absolute Gasteiger partial charge is 0.290 e. The fourth-order valence-electron chi connectivity index (χ4n) is 2.36. The van der Waals surface area contributed by atoms with E-state index in [1.54, 1.807) is 61.7 Å². The third-order valence-electron chi connectivity index (χ3n) is 3.72. The number of rotatable bonds is 6. The molecule has 0 aliphatic carbocycles. The van der Waals surface area contributed by atoms with Crippen molar-refractivity contribution in [1.82, 2.24) is 5.32 Å². The predicted octanol–water partition coefficient (Wildman–Crippen LogP) is 3.28. The number of hydrogen-bond acceptors (Lipinski definition) is 7. The molecule has 0 unspecified atom stereocenters. The van der Waals surface area contributed by atoms with Crippen LogP contribution in [0.2, 0.25) is 0 Å². The van der Waals surface area contributed by atoms with Gasteiger partial charge < -0.3 is 14.7 Å². The topological polar surface area (TPSA) is 97.2 Å². The molecule has 1 fully saturated rings. The molecule has 2 aromatic carbocycles. The Hall–Kier alpha value is -3.26. The quantitative estimate of drug-likeness (QED) is 0.343. The zero-order chi connectivity index (χ0) is 19.2. The maximum absolute atomic E-state index is 11.6. The Morgan fingerprint density at radius 3 is 2.59 bits per heavy atom.